The minimum atomic E-state index is -0.0491. The Labute approximate surface area is 126 Å². The minimum absolute atomic E-state index is 0.0491. The van der Waals surface area contributed by atoms with Crippen molar-refractivity contribution in [3.8, 4) is 11.3 Å². The normalized spacial score (nSPS) is 10.1. The summed E-state index contributed by atoms with van der Waals surface area (Å²) in [6, 6.07) is 7.86. The van der Waals surface area contributed by atoms with Crippen LogP contribution in [0.5, 0.6) is 0 Å². The molecule has 5 nitrogen and oxygen atoms in total. The summed E-state index contributed by atoms with van der Waals surface area (Å²) in [5.74, 6) is -0.0491. The molecular weight excluding hydrogens is 292 g/mol. The van der Waals surface area contributed by atoms with Crippen LogP contribution in [0, 0.1) is 0 Å². The van der Waals surface area contributed by atoms with E-state index in [1.165, 1.54) is 18.3 Å². The first-order chi connectivity index (χ1) is 9.54. The first kappa shape index (κ1) is 14.4. The summed E-state index contributed by atoms with van der Waals surface area (Å²) in [6.07, 6.45) is 0. The van der Waals surface area contributed by atoms with Crippen LogP contribution in [0.2, 0.25) is 0 Å². The number of rotatable bonds is 4. The molecule has 0 bridgehead atoms. The van der Waals surface area contributed by atoms with Gasteiger partial charge in [0, 0.05) is 24.4 Å². The summed E-state index contributed by atoms with van der Waals surface area (Å²) in [5, 5.41) is 8.37. The van der Waals surface area contributed by atoms with Crippen molar-refractivity contribution in [1.82, 2.24) is 10.3 Å². The number of benzene rings is 1. The zero-order valence-corrected chi connectivity index (χ0v) is 12.5. The Balaban J connectivity index is 2.15. The number of hydrogen-bond donors (Lipinski definition) is 3. The fourth-order valence-corrected chi connectivity index (χ4v) is 2.53. The van der Waals surface area contributed by atoms with E-state index < -0.39 is 0 Å². The van der Waals surface area contributed by atoms with Gasteiger partial charge in [-0.15, -0.1) is 11.3 Å². The van der Waals surface area contributed by atoms with Gasteiger partial charge in [0.2, 0.25) is 5.91 Å². The summed E-state index contributed by atoms with van der Waals surface area (Å²) in [5.41, 5.74) is 8.27. The van der Waals surface area contributed by atoms with Gasteiger partial charge in [-0.3, -0.25) is 4.79 Å². The highest BCUT2D eigenvalue weighted by Crippen LogP contribution is 2.25. The van der Waals surface area contributed by atoms with Gasteiger partial charge < -0.3 is 16.4 Å². The van der Waals surface area contributed by atoms with Crippen LogP contribution in [0.4, 0.5) is 5.13 Å². The molecule has 0 spiro atoms. The van der Waals surface area contributed by atoms with Crippen LogP contribution in [-0.2, 0) is 11.3 Å². The third-order valence-electron chi connectivity index (χ3n) is 2.50. The van der Waals surface area contributed by atoms with Crippen LogP contribution in [0.15, 0.2) is 29.6 Å². The van der Waals surface area contributed by atoms with Gasteiger partial charge in [0.05, 0.1) is 5.69 Å². The largest absolute Gasteiger partial charge is 0.376 e. The summed E-state index contributed by atoms with van der Waals surface area (Å²) >= 11 is 6.21. The Morgan fingerprint density at radius 1 is 1.50 bits per heavy atom. The van der Waals surface area contributed by atoms with Crippen molar-refractivity contribution in [3.05, 3.63) is 35.2 Å². The van der Waals surface area contributed by atoms with Gasteiger partial charge in [0.15, 0.2) is 10.2 Å². The van der Waals surface area contributed by atoms with Crippen molar-refractivity contribution in [2.24, 2.45) is 5.73 Å². The van der Waals surface area contributed by atoms with E-state index in [-0.39, 0.29) is 11.0 Å². The number of nitrogens with one attached hydrogen (secondary N) is 2. The molecule has 2 aromatic rings. The lowest BCUT2D eigenvalue weighted by atomic mass is 10.1. The number of carbonyl (C=O) groups excluding carboxylic acids is 1. The van der Waals surface area contributed by atoms with Crippen molar-refractivity contribution < 1.29 is 4.79 Å². The van der Waals surface area contributed by atoms with Gasteiger partial charge in [-0.05, 0) is 23.8 Å². The molecule has 1 aromatic heterocycles. The zero-order valence-electron chi connectivity index (χ0n) is 10.8. The second kappa shape index (κ2) is 6.44. The van der Waals surface area contributed by atoms with Gasteiger partial charge in [0.25, 0.3) is 0 Å². The summed E-state index contributed by atoms with van der Waals surface area (Å²) in [4.78, 5) is 15.3. The lowest BCUT2D eigenvalue weighted by Gasteiger charge is -2.04. The second-order valence-corrected chi connectivity index (χ2v) is 5.44. The molecular formula is C13H14N4OS2. The Bertz CT molecular complexity index is 639. The number of nitrogens with zero attached hydrogens (tertiary/aromatic N) is 1. The Kier molecular flexibility index (Phi) is 4.65. The second-order valence-electron chi connectivity index (χ2n) is 4.14. The lowest BCUT2D eigenvalue weighted by Crippen LogP contribution is -2.18. The molecule has 0 fully saturated rings. The number of hydrogen-bond acceptors (Lipinski definition) is 4. The Morgan fingerprint density at radius 2 is 2.30 bits per heavy atom. The maximum atomic E-state index is 10.9. The average Bonchev–Trinajstić information content (AvgIpc) is 2.84. The van der Waals surface area contributed by atoms with Gasteiger partial charge in [-0.25, -0.2) is 4.98 Å². The van der Waals surface area contributed by atoms with E-state index in [9.17, 15) is 4.79 Å². The van der Waals surface area contributed by atoms with Crippen LogP contribution >= 0.6 is 23.6 Å². The molecule has 1 heterocycles. The standard InChI is InChI=1S/C13H14N4OS2/c1-8(18)15-6-9-3-2-4-10(5-9)11-7-20-13(16-11)17-12(14)19/h2-5,7H,6H2,1H3,(H,15,18)(H3,14,16,17,19). The molecule has 0 saturated carbocycles. The topological polar surface area (TPSA) is 80.0 Å². The molecule has 0 radical (unpaired) electrons. The third kappa shape index (κ3) is 4.01. The highest BCUT2D eigenvalue weighted by Gasteiger charge is 2.06. The van der Waals surface area contributed by atoms with E-state index >= 15 is 0 Å². The fraction of sp³-hybridized carbons (Fsp3) is 0.154. The maximum absolute atomic E-state index is 10.9. The SMILES string of the molecule is CC(=O)NCc1cccc(-c2csc(NC(N)=S)n2)c1. The summed E-state index contributed by atoms with van der Waals surface area (Å²) < 4.78 is 0. The van der Waals surface area contributed by atoms with E-state index in [1.807, 2.05) is 29.6 Å². The number of thiazole rings is 1. The molecule has 0 atom stereocenters. The molecule has 4 N–H and O–H groups in total. The number of amides is 1. The quantitative estimate of drug-likeness (QED) is 0.754. The van der Waals surface area contributed by atoms with E-state index in [0.29, 0.717) is 11.7 Å². The Morgan fingerprint density at radius 3 is 3.00 bits per heavy atom. The van der Waals surface area contributed by atoms with Crippen LogP contribution in [0.1, 0.15) is 12.5 Å². The van der Waals surface area contributed by atoms with Crippen LogP contribution in [0.3, 0.4) is 0 Å². The summed E-state index contributed by atoms with van der Waals surface area (Å²) in [7, 11) is 0. The average molecular weight is 306 g/mol. The van der Waals surface area contributed by atoms with Gasteiger partial charge >= 0.3 is 0 Å². The molecule has 104 valence electrons. The molecule has 7 heteroatoms. The van der Waals surface area contributed by atoms with E-state index in [2.05, 4.69) is 15.6 Å². The molecule has 0 aliphatic heterocycles. The number of anilines is 1. The molecule has 0 aliphatic carbocycles. The van der Waals surface area contributed by atoms with Gasteiger partial charge in [-0.1, -0.05) is 18.2 Å². The van der Waals surface area contributed by atoms with Crippen LogP contribution in [0.25, 0.3) is 11.3 Å². The van der Waals surface area contributed by atoms with Gasteiger partial charge in [0.1, 0.15) is 0 Å². The molecule has 1 aromatic carbocycles. The van der Waals surface area contributed by atoms with E-state index in [1.54, 1.807) is 0 Å². The first-order valence-corrected chi connectivity index (χ1v) is 7.19. The van der Waals surface area contributed by atoms with Gasteiger partial charge in [-0.2, -0.15) is 0 Å². The molecule has 2 rings (SSSR count). The molecule has 0 unspecified atom stereocenters. The van der Waals surface area contributed by atoms with Crippen molar-refractivity contribution >= 4 is 39.7 Å². The van der Waals surface area contributed by atoms with Crippen molar-refractivity contribution in [1.29, 1.82) is 0 Å². The molecule has 20 heavy (non-hydrogen) atoms. The molecule has 0 aliphatic rings. The lowest BCUT2D eigenvalue weighted by molar-refractivity contribution is -0.119. The number of aromatic nitrogens is 1. The van der Waals surface area contributed by atoms with E-state index in [4.69, 9.17) is 18.0 Å². The molecule has 1 amide bonds. The summed E-state index contributed by atoms with van der Waals surface area (Å²) in [6.45, 7) is 2.00. The molecule has 0 saturated heterocycles. The fourth-order valence-electron chi connectivity index (χ4n) is 1.64. The van der Waals surface area contributed by atoms with Crippen molar-refractivity contribution in [3.63, 3.8) is 0 Å². The van der Waals surface area contributed by atoms with Crippen molar-refractivity contribution in [2.75, 3.05) is 5.32 Å². The third-order valence-corrected chi connectivity index (χ3v) is 3.36. The smallest absolute Gasteiger partial charge is 0.217 e. The monoisotopic (exact) mass is 306 g/mol. The maximum Gasteiger partial charge on any atom is 0.217 e. The number of thiocarbonyl (C=S) groups is 1. The highest BCUT2D eigenvalue weighted by molar-refractivity contribution is 7.80. The number of carbonyl (C=O) groups is 1. The highest BCUT2D eigenvalue weighted by atomic mass is 32.1. The number of nitrogens with two attached hydrogens (primary N) is 1. The van der Waals surface area contributed by atoms with E-state index in [0.717, 1.165) is 16.8 Å². The van der Waals surface area contributed by atoms with Crippen LogP contribution in [-0.4, -0.2) is 16.0 Å². The Hall–Kier alpha value is -1.99. The zero-order chi connectivity index (χ0) is 14.5. The minimum Gasteiger partial charge on any atom is -0.376 e. The first-order valence-electron chi connectivity index (χ1n) is 5.90. The predicted molar refractivity (Wildman–Crippen MR) is 85.5 cm³/mol. The van der Waals surface area contributed by atoms with Crippen LogP contribution < -0.4 is 16.4 Å². The predicted octanol–water partition coefficient (Wildman–Crippen LogP) is 2.10. The van der Waals surface area contributed by atoms with Crippen molar-refractivity contribution in [2.45, 2.75) is 13.5 Å².